The normalized spacial score (nSPS) is 12.9. The van der Waals surface area contributed by atoms with E-state index < -0.39 is 11.8 Å². The van der Waals surface area contributed by atoms with Gasteiger partial charge in [-0.2, -0.15) is 10.4 Å². The first kappa shape index (κ1) is 19.4. The molecular weight excluding hydrogens is 380 g/mol. The number of fused-ring (bicyclic) bond motifs is 1. The number of phenolic OH excluding ortho intramolecular Hbond substituents is 1. The largest absolute Gasteiger partial charge is 0.504 e. The lowest BCUT2D eigenvalue weighted by Crippen LogP contribution is -2.32. The van der Waals surface area contributed by atoms with E-state index in [0.29, 0.717) is 16.1 Å². The van der Waals surface area contributed by atoms with Gasteiger partial charge in [-0.1, -0.05) is 6.07 Å². The van der Waals surface area contributed by atoms with Gasteiger partial charge in [0.05, 0.1) is 18.9 Å². The highest BCUT2D eigenvalue weighted by molar-refractivity contribution is 7.16. The van der Waals surface area contributed by atoms with E-state index >= 15 is 0 Å². The maximum atomic E-state index is 12.1. The van der Waals surface area contributed by atoms with Crippen molar-refractivity contribution in [2.45, 2.75) is 25.7 Å². The van der Waals surface area contributed by atoms with Gasteiger partial charge in [-0.25, -0.2) is 5.43 Å². The van der Waals surface area contributed by atoms with Crippen LogP contribution in [-0.2, 0) is 22.4 Å². The molecule has 3 rings (SSSR count). The minimum atomic E-state index is -0.978. The number of amides is 2. The molecule has 0 saturated carbocycles. The lowest BCUT2D eigenvalue weighted by molar-refractivity contribution is -0.136. The molecule has 1 aromatic heterocycles. The summed E-state index contributed by atoms with van der Waals surface area (Å²) >= 11 is 1.34. The number of thiophene rings is 1. The van der Waals surface area contributed by atoms with Crippen LogP contribution in [0.15, 0.2) is 23.3 Å². The summed E-state index contributed by atoms with van der Waals surface area (Å²) in [6.45, 7) is 0. The summed E-state index contributed by atoms with van der Waals surface area (Å²) in [7, 11) is 1.42. The van der Waals surface area contributed by atoms with Crippen LogP contribution in [0, 0.1) is 11.3 Å². The number of hydrogen-bond donors (Lipinski definition) is 3. The Morgan fingerprint density at radius 3 is 2.86 bits per heavy atom. The Balaban J connectivity index is 1.65. The maximum absolute atomic E-state index is 12.1. The molecule has 1 heterocycles. The van der Waals surface area contributed by atoms with Crippen molar-refractivity contribution in [3.8, 4) is 17.6 Å². The van der Waals surface area contributed by atoms with E-state index in [1.165, 1.54) is 24.7 Å². The summed E-state index contributed by atoms with van der Waals surface area (Å²) < 4.78 is 4.99. The van der Waals surface area contributed by atoms with Gasteiger partial charge < -0.3 is 15.2 Å². The van der Waals surface area contributed by atoms with E-state index in [1.807, 2.05) is 0 Å². The summed E-state index contributed by atoms with van der Waals surface area (Å²) in [6, 6.07) is 6.92. The molecule has 2 aromatic rings. The Morgan fingerprint density at radius 2 is 2.11 bits per heavy atom. The minimum absolute atomic E-state index is 0.129. The van der Waals surface area contributed by atoms with Crippen LogP contribution in [0.25, 0.3) is 0 Å². The van der Waals surface area contributed by atoms with E-state index in [9.17, 15) is 20.0 Å². The molecule has 0 aliphatic heterocycles. The van der Waals surface area contributed by atoms with Crippen molar-refractivity contribution >= 4 is 34.4 Å². The molecule has 1 aromatic carbocycles. The van der Waals surface area contributed by atoms with Crippen LogP contribution in [-0.4, -0.2) is 30.2 Å². The fourth-order valence-corrected chi connectivity index (χ4v) is 4.19. The van der Waals surface area contributed by atoms with Gasteiger partial charge in [-0.15, -0.1) is 11.3 Å². The average molecular weight is 398 g/mol. The minimum Gasteiger partial charge on any atom is -0.504 e. The second kappa shape index (κ2) is 8.54. The van der Waals surface area contributed by atoms with Crippen LogP contribution in [0.3, 0.4) is 0 Å². The molecule has 1 aliphatic carbocycles. The lowest BCUT2D eigenvalue weighted by Gasteiger charge is -2.09. The molecule has 3 N–H and O–H groups in total. The molecule has 0 fully saturated rings. The van der Waals surface area contributed by atoms with E-state index in [0.717, 1.165) is 36.1 Å². The van der Waals surface area contributed by atoms with Gasteiger partial charge in [0.25, 0.3) is 0 Å². The van der Waals surface area contributed by atoms with Gasteiger partial charge in [0.1, 0.15) is 11.1 Å². The second-order valence-corrected chi connectivity index (χ2v) is 7.18. The van der Waals surface area contributed by atoms with Crippen LogP contribution in [0.5, 0.6) is 11.5 Å². The number of aromatic hydroxyl groups is 1. The average Bonchev–Trinajstić information content (AvgIpc) is 3.06. The van der Waals surface area contributed by atoms with Crippen LogP contribution >= 0.6 is 11.3 Å². The number of benzene rings is 1. The quantitative estimate of drug-likeness (QED) is 0.414. The molecule has 0 bridgehead atoms. The second-order valence-electron chi connectivity index (χ2n) is 6.08. The smallest absolute Gasteiger partial charge is 0.329 e. The Morgan fingerprint density at radius 1 is 1.32 bits per heavy atom. The summed E-state index contributed by atoms with van der Waals surface area (Å²) in [4.78, 5) is 25.2. The Kier molecular flexibility index (Phi) is 5.91. The zero-order chi connectivity index (χ0) is 20.1. The SMILES string of the molecule is COc1cccc(/C=N/NC(=O)C(=O)Nc2sc3c(c2C#N)CCCC3)c1O. The fourth-order valence-electron chi connectivity index (χ4n) is 2.95. The molecule has 0 saturated heterocycles. The fraction of sp³-hybridized carbons (Fsp3) is 0.263. The lowest BCUT2D eigenvalue weighted by atomic mass is 9.96. The number of nitrogens with zero attached hydrogens (tertiary/aromatic N) is 2. The first-order chi connectivity index (χ1) is 13.5. The summed E-state index contributed by atoms with van der Waals surface area (Å²) in [5.74, 6) is -1.76. The van der Waals surface area contributed by atoms with Crippen molar-refractivity contribution in [2.24, 2.45) is 5.10 Å². The van der Waals surface area contributed by atoms with Gasteiger partial charge in [0, 0.05) is 10.4 Å². The van der Waals surface area contributed by atoms with Crippen LogP contribution in [0.1, 0.15) is 34.4 Å². The molecule has 0 unspecified atom stereocenters. The molecule has 8 nitrogen and oxygen atoms in total. The Hall–Kier alpha value is -3.38. The maximum Gasteiger partial charge on any atom is 0.329 e. The van der Waals surface area contributed by atoms with Gasteiger partial charge >= 0.3 is 11.8 Å². The monoisotopic (exact) mass is 398 g/mol. The topological polar surface area (TPSA) is 124 Å². The van der Waals surface area contributed by atoms with Crippen molar-refractivity contribution in [3.63, 3.8) is 0 Å². The first-order valence-corrected chi connectivity index (χ1v) is 9.41. The number of hydrogen-bond acceptors (Lipinski definition) is 7. The number of hydrazone groups is 1. The molecular formula is C19H18N4O4S. The van der Waals surface area contributed by atoms with Gasteiger partial charge in [-0.3, -0.25) is 9.59 Å². The highest BCUT2D eigenvalue weighted by Gasteiger charge is 2.23. The Labute approximate surface area is 165 Å². The zero-order valence-corrected chi connectivity index (χ0v) is 15.9. The van der Waals surface area contributed by atoms with Crippen LogP contribution < -0.4 is 15.5 Å². The number of methoxy groups -OCH3 is 1. The summed E-state index contributed by atoms with van der Waals surface area (Å²) in [6.07, 6.45) is 4.96. The molecule has 9 heteroatoms. The predicted molar refractivity (Wildman–Crippen MR) is 105 cm³/mol. The molecule has 2 amide bonds. The molecule has 1 aliphatic rings. The van der Waals surface area contributed by atoms with Crippen molar-refractivity contribution in [1.29, 1.82) is 5.26 Å². The zero-order valence-electron chi connectivity index (χ0n) is 15.1. The van der Waals surface area contributed by atoms with Crippen molar-refractivity contribution in [1.82, 2.24) is 5.43 Å². The van der Waals surface area contributed by atoms with Crippen molar-refractivity contribution in [3.05, 3.63) is 39.8 Å². The van der Waals surface area contributed by atoms with E-state index in [1.54, 1.807) is 18.2 Å². The Bertz CT molecular complexity index is 991. The third kappa shape index (κ3) is 3.97. The molecule has 0 spiro atoms. The predicted octanol–water partition coefficient (Wildman–Crippen LogP) is 2.30. The number of aryl methyl sites for hydroxylation is 1. The highest BCUT2D eigenvalue weighted by Crippen LogP contribution is 2.37. The number of rotatable bonds is 4. The standard InChI is InChI=1S/C19H18N4O4S/c1-27-14-7-4-5-11(16(14)24)10-21-23-18(26)17(25)22-19-13(9-20)12-6-2-3-8-15(12)28-19/h4-5,7,10,24H,2-3,6,8H2,1H3,(H,22,25)(H,23,26)/b21-10+. The van der Waals surface area contributed by atoms with Gasteiger partial charge in [-0.05, 0) is 43.4 Å². The number of para-hydroxylation sites is 1. The van der Waals surface area contributed by atoms with E-state index in [2.05, 4.69) is 21.9 Å². The third-order valence-corrected chi connectivity index (χ3v) is 5.54. The highest BCUT2D eigenvalue weighted by atomic mass is 32.1. The molecule has 0 atom stereocenters. The third-order valence-electron chi connectivity index (χ3n) is 4.34. The number of carbonyl (C=O) groups is 2. The van der Waals surface area contributed by atoms with Gasteiger partial charge in [0.15, 0.2) is 11.5 Å². The number of nitrogens with one attached hydrogen (secondary N) is 2. The van der Waals surface area contributed by atoms with Crippen molar-refractivity contribution < 1.29 is 19.4 Å². The first-order valence-electron chi connectivity index (χ1n) is 8.60. The molecule has 144 valence electrons. The van der Waals surface area contributed by atoms with Gasteiger partial charge in [0.2, 0.25) is 0 Å². The number of carbonyl (C=O) groups excluding carboxylic acids is 2. The summed E-state index contributed by atoms with van der Waals surface area (Å²) in [5, 5.41) is 25.9. The van der Waals surface area contributed by atoms with E-state index in [4.69, 9.17) is 4.74 Å². The molecule has 28 heavy (non-hydrogen) atoms. The van der Waals surface area contributed by atoms with Crippen LogP contribution in [0.2, 0.25) is 0 Å². The number of anilines is 1. The number of phenols is 1. The van der Waals surface area contributed by atoms with Crippen LogP contribution in [0.4, 0.5) is 5.00 Å². The number of ether oxygens (including phenoxy) is 1. The van der Waals surface area contributed by atoms with E-state index in [-0.39, 0.29) is 11.5 Å². The summed E-state index contributed by atoms with van der Waals surface area (Å²) in [5.41, 5.74) is 3.83. The van der Waals surface area contributed by atoms with Crippen molar-refractivity contribution in [2.75, 3.05) is 12.4 Å². The molecule has 0 radical (unpaired) electrons. The number of nitriles is 1.